The van der Waals surface area contributed by atoms with Gasteiger partial charge in [0.25, 0.3) is 5.56 Å². The molecule has 1 aromatic carbocycles. The Bertz CT molecular complexity index is 967. The summed E-state index contributed by atoms with van der Waals surface area (Å²) in [5.41, 5.74) is 1.68. The normalized spacial score (nSPS) is 12.3. The number of nitriles is 1. The van der Waals surface area contributed by atoms with E-state index in [1.807, 2.05) is 44.2 Å². The zero-order valence-corrected chi connectivity index (χ0v) is 14.7. The third-order valence-electron chi connectivity index (χ3n) is 3.65. The number of benzene rings is 1. The molecule has 23 heavy (non-hydrogen) atoms. The number of para-hydroxylation sites is 1. The molecule has 2 heterocycles. The van der Waals surface area contributed by atoms with E-state index in [0.717, 1.165) is 21.0 Å². The van der Waals surface area contributed by atoms with Crippen LogP contribution in [0.4, 0.5) is 0 Å². The van der Waals surface area contributed by atoms with Crippen molar-refractivity contribution in [1.82, 2.24) is 9.55 Å². The zero-order chi connectivity index (χ0) is 16.6. The maximum atomic E-state index is 13.1. The topological polar surface area (TPSA) is 58.7 Å². The van der Waals surface area contributed by atoms with Gasteiger partial charge in [-0.15, -0.1) is 11.3 Å². The number of thiophene rings is 1. The van der Waals surface area contributed by atoms with Gasteiger partial charge in [-0.3, -0.25) is 9.36 Å². The molecule has 0 radical (unpaired) electrons. The molecule has 1 atom stereocenters. The van der Waals surface area contributed by atoms with Gasteiger partial charge in [0, 0.05) is 4.88 Å². The summed E-state index contributed by atoms with van der Waals surface area (Å²) < 4.78 is 1.61. The van der Waals surface area contributed by atoms with Crippen molar-refractivity contribution in [1.29, 1.82) is 5.26 Å². The second-order valence-electron chi connectivity index (χ2n) is 5.22. The van der Waals surface area contributed by atoms with Crippen LogP contribution in [0.5, 0.6) is 0 Å². The largest absolute Gasteiger partial charge is 0.268 e. The number of thioether (sulfide) groups is 1. The summed E-state index contributed by atoms with van der Waals surface area (Å²) in [7, 11) is 0. The number of hydrogen-bond acceptors (Lipinski definition) is 5. The second kappa shape index (κ2) is 6.19. The smallest absolute Gasteiger partial charge is 0.267 e. The van der Waals surface area contributed by atoms with Crippen LogP contribution >= 0.6 is 23.1 Å². The van der Waals surface area contributed by atoms with Gasteiger partial charge in [0.15, 0.2) is 5.16 Å². The molecule has 0 aliphatic rings. The molecule has 0 amide bonds. The van der Waals surface area contributed by atoms with Crippen LogP contribution in [0.2, 0.25) is 0 Å². The van der Waals surface area contributed by atoms with Gasteiger partial charge in [-0.1, -0.05) is 30.0 Å². The average Bonchev–Trinajstić information content (AvgIpc) is 2.83. The zero-order valence-electron chi connectivity index (χ0n) is 13.0. The number of rotatable bonds is 3. The molecule has 0 spiro atoms. The van der Waals surface area contributed by atoms with E-state index < -0.39 is 0 Å². The van der Waals surface area contributed by atoms with Gasteiger partial charge < -0.3 is 0 Å². The summed E-state index contributed by atoms with van der Waals surface area (Å²) in [4.78, 5) is 19.6. The van der Waals surface area contributed by atoms with Crippen molar-refractivity contribution >= 4 is 33.3 Å². The molecule has 2 aromatic heterocycles. The van der Waals surface area contributed by atoms with E-state index in [9.17, 15) is 4.79 Å². The number of aromatic nitrogens is 2. The van der Waals surface area contributed by atoms with Gasteiger partial charge in [-0.2, -0.15) is 5.26 Å². The van der Waals surface area contributed by atoms with Crippen LogP contribution < -0.4 is 5.56 Å². The summed E-state index contributed by atoms with van der Waals surface area (Å²) in [5, 5.41) is 10.1. The van der Waals surface area contributed by atoms with Crippen molar-refractivity contribution in [2.75, 3.05) is 0 Å². The molecule has 0 saturated carbocycles. The Kier molecular flexibility index (Phi) is 4.24. The Labute approximate surface area is 142 Å². The molecule has 0 aliphatic heterocycles. The molecule has 3 rings (SSSR count). The van der Waals surface area contributed by atoms with Crippen LogP contribution in [0.15, 0.2) is 40.3 Å². The van der Waals surface area contributed by atoms with Gasteiger partial charge in [0.2, 0.25) is 0 Å². The Balaban J connectivity index is 2.36. The van der Waals surface area contributed by atoms with Crippen molar-refractivity contribution in [3.63, 3.8) is 0 Å². The van der Waals surface area contributed by atoms with Gasteiger partial charge in [0.1, 0.15) is 4.83 Å². The molecule has 6 heteroatoms. The Hall–Kier alpha value is -2.10. The van der Waals surface area contributed by atoms with Crippen LogP contribution in [0.25, 0.3) is 15.9 Å². The fraction of sp³-hybridized carbons (Fsp3) is 0.235. The SMILES string of the molecule is Cc1sc2nc(S[C@H](C)C#N)n(-c3ccccc3)c(=O)c2c1C. The van der Waals surface area contributed by atoms with Crippen LogP contribution in [0, 0.1) is 25.2 Å². The Morgan fingerprint density at radius 1 is 1.30 bits per heavy atom. The Morgan fingerprint density at radius 3 is 2.65 bits per heavy atom. The van der Waals surface area contributed by atoms with Crippen molar-refractivity contribution in [2.24, 2.45) is 0 Å². The average molecular weight is 341 g/mol. The lowest BCUT2D eigenvalue weighted by molar-refractivity contribution is 0.820. The molecule has 0 unspecified atom stereocenters. The molecule has 3 aromatic rings. The van der Waals surface area contributed by atoms with Gasteiger partial charge in [-0.25, -0.2) is 4.98 Å². The molecule has 0 bridgehead atoms. The highest BCUT2D eigenvalue weighted by atomic mass is 32.2. The predicted octanol–water partition coefficient (Wildman–Crippen LogP) is 4.07. The van der Waals surface area contributed by atoms with E-state index in [0.29, 0.717) is 10.5 Å². The first-order valence-electron chi connectivity index (χ1n) is 7.17. The first-order valence-corrected chi connectivity index (χ1v) is 8.87. The van der Waals surface area contributed by atoms with Gasteiger partial charge in [0.05, 0.1) is 22.4 Å². The van der Waals surface area contributed by atoms with Crippen LogP contribution in [0.3, 0.4) is 0 Å². The van der Waals surface area contributed by atoms with Crippen LogP contribution in [-0.2, 0) is 0 Å². The van der Waals surface area contributed by atoms with Crippen molar-refractivity contribution in [2.45, 2.75) is 31.2 Å². The maximum Gasteiger partial charge on any atom is 0.267 e. The van der Waals surface area contributed by atoms with Crippen molar-refractivity contribution < 1.29 is 0 Å². The third-order valence-corrected chi connectivity index (χ3v) is 5.70. The highest BCUT2D eigenvalue weighted by Gasteiger charge is 2.19. The van der Waals surface area contributed by atoms with E-state index in [4.69, 9.17) is 5.26 Å². The monoisotopic (exact) mass is 341 g/mol. The van der Waals surface area contributed by atoms with E-state index in [2.05, 4.69) is 11.1 Å². The minimum atomic E-state index is -0.281. The quantitative estimate of drug-likeness (QED) is 0.532. The maximum absolute atomic E-state index is 13.1. The lowest BCUT2D eigenvalue weighted by atomic mass is 10.2. The molecule has 0 N–H and O–H groups in total. The summed E-state index contributed by atoms with van der Waals surface area (Å²) >= 11 is 2.83. The minimum Gasteiger partial charge on any atom is -0.268 e. The van der Waals surface area contributed by atoms with E-state index >= 15 is 0 Å². The van der Waals surface area contributed by atoms with Crippen molar-refractivity contribution in [3.8, 4) is 11.8 Å². The summed E-state index contributed by atoms with van der Waals surface area (Å²) in [6.07, 6.45) is 0. The second-order valence-corrected chi connectivity index (χ2v) is 7.73. The highest BCUT2D eigenvalue weighted by Crippen LogP contribution is 2.30. The number of fused-ring (bicyclic) bond motifs is 1. The molecular weight excluding hydrogens is 326 g/mol. The minimum absolute atomic E-state index is 0.0734. The fourth-order valence-corrected chi connectivity index (χ4v) is 4.23. The standard InChI is InChI=1S/C17H15N3OS2/c1-10(9-18)22-17-19-15-14(11(2)12(3)23-15)16(21)20(17)13-7-5-4-6-8-13/h4-8,10H,1-3H3/t10-/m1/s1. The first kappa shape index (κ1) is 15.8. The van der Waals surface area contributed by atoms with E-state index in [-0.39, 0.29) is 10.8 Å². The fourth-order valence-electron chi connectivity index (χ4n) is 2.34. The number of hydrogen-bond donors (Lipinski definition) is 0. The first-order chi connectivity index (χ1) is 11.0. The third kappa shape index (κ3) is 2.78. The van der Waals surface area contributed by atoms with Gasteiger partial charge in [-0.05, 0) is 38.5 Å². The van der Waals surface area contributed by atoms with Crippen LogP contribution in [-0.4, -0.2) is 14.8 Å². The number of aryl methyl sites for hydroxylation is 2. The molecule has 0 fully saturated rings. The summed E-state index contributed by atoms with van der Waals surface area (Å²) in [6.45, 7) is 5.76. The molecule has 0 saturated heterocycles. The molecule has 116 valence electrons. The lowest BCUT2D eigenvalue weighted by Crippen LogP contribution is -2.22. The lowest BCUT2D eigenvalue weighted by Gasteiger charge is -2.12. The van der Waals surface area contributed by atoms with E-state index in [1.165, 1.54) is 23.1 Å². The molecular formula is C17H15N3OS2. The highest BCUT2D eigenvalue weighted by molar-refractivity contribution is 8.00. The van der Waals surface area contributed by atoms with Crippen LogP contribution in [0.1, 0.15) is 17.4 Å². The predicted molar refractivity (Wildman–Crippen MR) is 95.6 cm³/mol. The van der Waals surface area contributed by atoms with Crippen molar-refractivity contribution in [3.05, 3.63) is 51.1 Å². The Morgan fingerprint density at radius 2 is 2.00 bits per heavy atom. The molecule has 0 aliphatic carbocycles. The molecule has 4 nitrogen and oxygen atoms in total. The van der Waals surface area contributed by atoms with E-state index in [1.54, 1.807) is 11.5 Å². The summed E-state index contributed by atoms with van der Waals surface area (Å²) in [6, 6.07) is 11.6. The number of nitrogens with zero attached hydrogens (tertiary/aromatic N) is 3. The summed E-state index contributed by atoms with van der Waals surface area (Å²) in [5.74, 6) is 0. The van der Waals surface area contributed by atoms with Gasteiger partial charge >= 0.3 is 0 Å².